The number of hydrogen-bond acceptors (Lipinski definition) is 2. The van der Waals surface area contributed by atoms with Gasteiger partial charge in [-0.1, -0.05) is 29.8 Å². The van der Waals surface area contributed by atoms with Crippen molar-refractivity contribution in [3.63, 3.8) is 0 Å². The molecule has 0 amide bonds. The first kappa shape index (κ1) is 12.7. The highest BCUT2D eigenvalue weighted by Crippen LogP contribution is 2.29. The van der Waals surface area contributed by atoms with E-state index in [0.29, 0.717) is 13.0 Å². The Morgan fingerprint density at radius 1 is 1.44 bits per heavy atom. The molecular formula is C15H19NO2. The molecule has 0 saturated carbocycles. The van der Waals surface area contributed by atoms with Crippen LogP contribution < -0.4 is 4.90 Å². The first-order valence-corrected chi connectivity index (χ1v) is 6.27. The lowest BCUT2D eigenvalue weighted by molar-refractivity contribution is -0.141. The summed E-state index contributed by atoms with van der Waals surface area (Å²) in [6.07, 6.45) is 2.78. The molecule has 1 aromatic rings. The van der Waals surface area contributed by atoms with Gasteiger partial charge in [0.1, 0.15) is 0 Å². The molecule has 3 nitrogen and oxygen atoms in total. The molecule has 1 aliphatic heterocycles. The molecule has 0 fully saturated rings. The predicted molar refractivity (Wildman–Crippen MR) is 72.9 cm³/mol. The Hall–Kier alpha value is -1.77. The highest BCUT2D eigenvalue weighted by Gasteiger charge is 2.28. The van der Waals surface area contributed by atoms with Gasteiger partial charge in [0.15, 0.2) is 0 Å². The van der Waals surface area contributed by atoms with Gasteiger partial charge in [-0.15, -0.1) is 0 Å². The standard InChI is InChI=1S/C15H19NO2/c1-11(2)7-8-16-10-13(15(17)18)9-12-5-3-4-6-14(12)16/h3-7,13H,8-10H2,1-2H3,(H,17,18). The topological polar surface area (TPSA) is 40.5 Å². The lowest BCUT2D eigenvalue weighted by Gasteiger charge is -2.34. The van der Waals surface area contributed by atoms with E-state index in [4.69, 9.17) is 0 Å². The number of allylic oxidation sites excluding steroid dienone is 1. The van der Waals surface area contributed by atoms with Gasteiger partial charge in [0, 0.05) is 18.8 Å². The van der Waals surface area contributed by atoms with Crippen molar-refractivity contribution in [1.29, 1.82) is 0 Å². The van der Waals surface area contributed by atoms with E-state index in [2.05, 4.69) is 30.9 Å². The summed E-state index contributed by atoms with van der Waals surface area (Å²) in [7, 11) is 0. The molecule has 0 aliphatic carbocycles. The minimum Gasteiger partial charge on any atom is -0.481 e. The summed E-state index contributed by atoms with van der Waals surface area (Å²) in [5.41, 5.74) is 3.57. The SMILES string of the molecule is CC(C)=CCN1CC(C(=O)O)Cc2ccccc21. The van der Waals surface area contributed by atoms with E-state index in [1.54, 1.807) is 0 Å². The molecule has 1 heterocycles. The third kappa shape index (κ3) is 2.73. The van der Waals surface area contributed by atoms with Crippen molar-refractivity contribution in [2.75, 3.05) is 18.0 Å². The molecular weight excluding hydrogens is 226 g/mol. The molecule has 0 spiro atoms. The largest absolute Gasteiger partial charge is 0.481 e. The fraction of sp³-hybridized carbons (Fsp3) is 0.400. The average molecular weight is 245 g/mol. The number of benzene rings is 1. The summed E-state index contributed by atoms with van der Waals surface area (Å²) in [6, 6.07) is 8.09. The summed E-state index contributed by atoms with van der Waals surface area (Å²) < 4.78 is 0. The minimum absolute atomic E-state index is 0.300. The zero-order valence-corrected chi connectivity index (χ0v) is 10.9. The summed E-state index contributed by atoms with van der Waals surface area (Å²) in [5, 5.41) is 9.22. The number of nitrogens with zero attached hydrogens (tertiary/aromatic N) is 1. The molecule has 96 valence electrons. The van der Waals surface area contributed by atoms with Crippen LogP contribution in [0.1, 0.15) is 19.4 Å². The Bertz CT molecular complexity index is 475. The van der Waals surface area contributed by atoms with Crippen LogP contribution in [0.5, 0.6) is 0 Å². The Morgan fingerprint density at radius 3 is 2.83 bits per heavy atom. The minimum atomic E-state index is -0.702. The van der Waals surface area contributed by atoms with Crippen molar-refractivity contribution < 1.29 is 9.90 Å². The van der Waals surface area contributed by atoms with Crippen molar-refractivity contribution in [2.24, 2.45) is 5.92 Å². The highest BCUT2D eigenvalue weighted by atomic mass is 16.4. The predicted octanol–water partition coefficient (Wildman–Crippen LogP) is 2.72. The quantitative estimate of drug-likeness (QED) is 0.832. The number of carboxylic acid groups (broad SMARTS) is 1. The average Bonchev–Trinajstić information content (AvgIpc) is 2.35. The van der Waals surface area contributed by atoms with Crippen molar-refractivity contribution in [3.8, 4) is 0 Å². The van der Waals surface area contributed by atoms with Gasteiger partial charge in [0.05, 0.1) is 5.92 Å². The van der Waals surface area contributed by atoms with Gasteiger partial charge >= 0.3 is 5.97 Å². The fourth-order valence-electron chi connectivity index (χ4n) is 2.32. The van der Waals surface area contributed by atoms with Crippen molar-refractivity contribution in [1.82, 2.24) is 0 Å². The first-order valence-electron chi connectivity index (χ1n) is 6.27. The van der Waals surface area contributed by atoms with Crippen molar-refractivity contribution >= 4 is 11.7 Å². The molecule has 0 saturated heterocycles. The smallest absolute Gasteiger partial charge is 0.308 e. The van der Waals surface area contributed by atoms with Gasteiger partial charge in [-0.05, 0) is 31.9 Å². The molecule has 1 aliphatic rings. The number of para-hydroxylation sites is 1. The van der Waals surface area contributed by atoms with E-state index in [-0.39, 0.29) is 5.92 Å². The van der Waals surface area contributed by atoms with Crippen LogP contribution in [0.15, 0.2) is 35.9 Å². The number of aliphatic carboxylic acids is 1. The Morgan fingerprint density at radius 2 is 2.17 bits per heavy atom. The summed E-state index contributed by atoms with van der Waals surface area (Å²) in [4.78, 5) is 13.4. The van der Waals surface area contributed by atoms with E-state index in [0.717, 1.165) is 12.1 Å². The van der Waals surface area contributed by atoms with Crippen molar-refractivity contribution in [3.05, 3.63) is 41.5 Å². The Balaban J connectivity index is 2.27. The van der Waals surface area contributed by atoms with Crippen molar-refractivity contribution in [2.45, 2.75) is 20.3 Å². The molecule has 0 radical (unpaired) electrons. The fourth-order valence-corrected chi connectivity index (χ4v) is 2.32. The number of fused-ring (bicyclic) bond motifs is 1. The van der Waals surface area contributed by atoms with E-state index >= 15 is 0 Å². The van der Waals surface area contributed by atoms with E-state index in [9.17, 15) is 9.90 Å². The van der Waals surface area contributed by atoms with Crippen LogP contribution in [0.2, 0.25) is 0 Å². The molecule has 0 aromatic heterocycles. The molecule has 18 heavy (non-hydrogen) atoms. The first-order chi connectivity index (χ1) is 8.58. The number of anilines is 1. The molecule has 1 N–H and O–H groups in total. The van der Waals surface area contributed by atoms with Gasteiger partial charge in [-0.25, -0.2) is 0 Å². The summed E-state index contributed by atoms with van der Waals surface area (Å²) >= 11 is 0. The molecule has 1 atom stereocenters. The monoisotopic (exact) mass is 245 g/mol. The molecule has 3 heteroatoms. The second kappa shape index (κ2) is 5.25. The van der Waals surface area contributed by atoms with Gasteiger partial charge < -0.3 is 10.0 Å². The summed E-state index contributed by atoms with van der Waals surface area (Å²) in [6.45, 7) is 5.49. The zero-order chi connectivity index (χ0) is 13.1. The number of hydrogen-bond donors (Lipinski definition) is 1. The van der Waals surface area contributed by atoms with E-state index in [1.807, 2.05) is 18.2 Å². The normalized spacial score (nSPS) is 18.1. The third-order valence-corrected chi connectivity index (χ3v) is 3.31. The maximum absolute atomic E-state index is 11.2. The Kier molecular flexibility index (Phi) is 3.70. The zero-order valence-electron chi connectivity index (χ0n) is 10.9. The van der Waals surface area contributed by atoms with Gasteiger partial charge in [0.2, 0.25) is 0 Å². The molecule has 1 aromatic carbocycles. The third-order valence-electron chi connectivity index (χ3n) is 3.31. The molecule has 1 unspecified atom stereocenters. The molecule has 0 bridgehead atoms. The molecule has 2 rings (SSSR count). The second-order valence-electron chi connectivity index (χ2n) is 5.05. The summed E-state index contributed by atoms with van der Waals surface area (Å²) in [5.74, 6) is -1.00. The number of carbonyl (C=O) groups is 1. The van der Waals surface area contributed by atoms with Crippen LogP contribution in [0.25, 0.3) is 0 Å². The van der Waals surface area contributed by atoms with Gasteiger partial charge in [-0.2, -0.15) is 0 Å². The van der Waals surface area contributed by atoms with Crippen LogP contribution in [0.4, 0.5) is 5.69 Å². The number of carboxylic acids is 1. The second-order valence-corrected chi connectivity index (χ2v) is 5.05. The lowest BCUT2D eigenvalue weighted by atomic mass is 9.92. The van der Waals surface area contributed by atoms with Crippen LogP contribution in [-0.2, 0) is 11.2 Å². The van der Waals surface area contributed by atoms with E-state index < -0.39 is 5.97 Å². The highest BCUT2D eigenvalue weighted by molar-refractivity contribution is 5.74. The van der Waals surface area contributed by atoms with Crippen LogP contribution in [0, 0.1) is 5.92 Å². The van der Waals surface area contributed by atoms with E-state index in [1.165, 1.54) is 11.3 Å². The van der Waals surface area contributed by atoms with Gasteiger partial charge in [-0.3, -0.25) is 4.79 Å². The maximum Gasteiger partial charge on any atom is 0.308 e. The van der Waals surface area contributed by atoms with Crippen LogP contribution in [-0.4, -0.2) is 24.2 Å². The Labute approximate surface area is 108 Å². The number of rotatable bonds is 3. The maximum atomic E-state index is 11.2. The van der Waals surface area contributed by atoms with Crippen LogP contribution in [0.3, 0.4) is 0 Å². The lowest BCUT2D eigenvalue weighted by Crippen LogP contribution is -2.39. The van der Waals surface area contributed by atoms with Crippen LogP contribution >= 0.6 is 0 Å². The van der Waals surface area contributed by atoms with Gasteiger partial charge in [0.25, 0.3) is 0 Å².